The molecule has 0 fully saturated rings. The molecule has 1 aliphatic rings. The molecule has 0 aliphatic carbocycles. The van der Waals surface area contributed by atoms with Gasteiger partial charge < -0.3 is 0 Å². The monoisotopic (exact) mass is 173 g/mol. The van der Waals surface area contributed by atoms with E-state index < -0.39 is 0 Å². The van der Waals surface area contributed by atoms with E-state index in [4.69, 9.17) is 0 Å². The van der Waals surface area contributed by atoms with E-state index in [9.17, 15) is 0 Å². The SMILES string of the molecule is C1=CC=C(c2ccnnn2)NN=C1. The van der Waals surface area contributed by atoms with Crippen LogP contribution in [0, 0.1) is 0 Å². The molecule has 2 rings (SSSR count). The second-order valence-corrected chi connectivity index (χ2v) is 2.36. The molecule has 0 amide bonds. The number of nitrogens with one attached hydrogen (secondary N) is 1. The van der Waals surface area contributed by atoms with Gasteiger partial charge >= 0.3 is 0 Å². The topological polar surface area (TPSA) is 63.1 Å². The minimum Gasteiger partial charge on any atom is -0.276 e. The van der Waals surface area contributed by atoms with Gasteiger partial charge in [-0.2, -0.15) is 5.10 Å². The third-order valence-electron chi connectivity index (χ3n) is 1.50. The number of rotatable bonds is 1. The molecule has 0 saturated heterocycles. The van der Waals surface area contributed by atoms with Crippen molar-refractivity contribution in [2.45, 2.75) is 0 Å². The summed E-state index contributed by atoms with van der Waals surface area (Å²) in [5.74, 6) is 0. The first-order valence-electron chi connectivity index (χ1n) is 3.77. The maximum absolute atomic E-state index is 3.91. The summed E-state index contributed by atoms with van der Waals surface area (Å²) in [5, 5.41) is 14.9. The third kappa shape index (κ3) is 1.76. The summed E-state index contributed by atoms with van der Waals surface area (Å²) < 4.78 is 0. The van der Waals surface area contributed by atoms with E-state index in [1.54, 1.807) is 18.5 Å². The van der Waals surface area contributed by atoms with Gasteiger partial charge in [0.2, 0.25) is 0 Å². The molecule has 0 atom stereocenters. The molecule has 0 spiro atoms. The molecule has 1 aromatic heterocycles. The van der Waals surface area contributed by atoms with Gasteiger partial charge in [-0.05, 0) is 23.4 Å². The quantitative estimate of drug-likeness (QED) is 0.665. The fourth-order valence-corrected chi connectivity index (χ4v) is 0.916. The van der Waals surface area contributed by atoms with Crippen LogP contribution in [-0.2, 0) is 0 Å². The van der Waals surface area contributed by atoms with Crippen molar-refractivity contribution in [1.29, 1.82) is 0 Å². The first-order valence-corrected chi connectivity index (χ1v) is 3.77. The summed E-state index contributed by atoms with van der Waals surface area (Å²) in [6.45, 7) is 0. The van der Waals surface area contributed by atoms with E-state index in [-0.39, 0.29) is 0 Å². The van der Waals surface area contributed by atoms with Gasteiger partial charge in [0.1, 0.15) is 5.69 Å². The summed E-state index contributed by atoms with van der Waals surface area (Å²) in [5.41, 5.74) is 4.36. The second kappa shape index (κ2) is 3.57. The van der Waals surface area contributed by atoms with Crippen molar-refractivity contribution in [3.63, 3.8) is 0 Å². The molecular weight excluding hydrogens is 166 g/mol. The maximum Gasteiger partial charge on any atom is 0.114 e. The smallest absolute Gasteiger partial charge is 0.114 e. The highest BCUT2D eigenvalue weighted by atomic mass is 15.3. The molecule has 13 heavy (non-hydrogen) atoms. The summed E-state index contributed by atoms with van der Waals surface area (Å²) in [4.78, 5) is 0. The zero-order valence-electron chi connectivity index (χ0n) is 6.75. The number of hydrogen-bond donors (Lipinski definition) is 1. The van der Waals surface area contributed by atoms with Crippen LogP contribution in [0.4, 0.5) is 0 Å². The molecule has 0 unspecified atom stereocenters. The van der Waals surface area contributed by atoms with Crippen LogP contribution in [0.15, 0.2) is 35.6 Å². The molecule has 2 heterocycles. The van der Waals surface area contributed by atoms with E-state index >= 15 is 0 Å². The summed E-state index contributed by atoms with van der Waals surface area (Å²) in [6.07, 6.45) is 8.83. The average Bonchev–Trinajstić information content (AvgIpc) is 2.47. The molecule has 1 aromatic rings. The van der Waals surface area contributed by atoms with Gasteiger partial charge in [0.25, 0.3) is 0 Å². The Bertz CT molecular complexity index is 365. The molecule has 0 radical (unpaired) electrons. The highest BCUT2D eigenvalue weighted by Crippen LogP contribution is 2.06. The van der Waals surface area contributed by atoms with Crippen LogP contribution in [0.2, 0.25) is 0 Å². The molecule has 0 aromatic carbocycles. The van der Waals surface area contributed by atoms with Gasteiger partial charge in [-0.25, -0.2) is 0 Å². The van der Waals surface area contributed by atoms with Gasteiger partial charge in [0, 0.05) is 6.21 Å². The van der Waals surface area contributed by atoms with Gasteiger partial charge in [0.15, 0.2) is 0 Å². The lowest BCUT2D eigenvalue weighted by Crippen LogP contribution is -2.06. The fraction of sp³-hybridized carbons (Fsp3) is 0. The molecule has 64 valence electrons. The van der Waals surface area contributed by atoms with Crippen molar-refractivity contribution in [2.75, 3.05) is 0 Å². The Morgan fingerprint density at radius 2 is 2.23 bits per heavy atom. The lowest BCUT2D eigenvalue weighted by atomic mass is 10.3. The van der Waals surface area contributed by atoms with Gasteiger partial charge in [-0.3, -0.25) is 5.43 Å². The van der Waals surface area contributed by atoms with E-state index in [2.05, 4.69) is 25.9 Å². The molecule has 0 bridgehead atoms. The van der Waals surface area contributed by atoms with Crippen molar-refractivity contribution in [3.8, 4) is 0 Å². The van der Waals surface area contributed by atoms with Crippen molar-refractivity contribution in [2.24, 2.45) is 5.10 Å². The Labute approximate surface area is 74.9 Å². The molecular formula is C8H7N5. The largest absolute Gasteiger partial charge is 0.276 e. The Morgan fingerprint density at radius 1 is 1.23 bits per heavy atom. The van der Waals surface area contributed by atoms with E-state index in [0.29, 0.717) is 0 Å². The predicted octanol–water partition coefficient (Wildman–Crippen LogP) is 0.358. The van der Waals surface area contributed by atoms with Crippen LogP contribution in [0.1, 0.15) is 5.69 Å². The lowest BCUT2D eigenvalue weighted by Gasteiger charge is -2.01. The van der Waals surface area contributed by atoms with Crippen molar-refractivity contribution < 1.29 is 0 Å². The number of hydrogen-bond acceptors (Lipinski definition) is 5. The number of hydrazone groups is 1. The Kier molecular flexibility index (Phi) is 2.09. The van der Waals surface area contributed by atoms with Crippen molar-refractivity contribution >= 4 is 11.9 Å². The van der Waals surface area contributed by atoms with Crippen LogP contribution in [0.5, 0.6) is 0 Å². The zero-order chi connectivity index (χ0) is 8.93. The molecule has 5 nitrogen and oxygen atoms in total. The standard InChI is InChI=1S/C8H7N5/c1-2-5-9-11-7(3-1)8-4-6-10-13-12-8/h1-6,11H. The van der Waals surface area contributed by atoms with Crippen molar-refractivity contribution in [1.82, 2.24) is 20.8 Å². The first-order chi connectivity index (χ1) is 6.47. The van der Waals surface area contributed by atoms with E-state index in [1.165, 1.54) is 0 Å². The molecule has 0 saturated carbocycles. The summed E-state index contributed by atoms with van der Waals surface area (Å²) >= 11 is 0. The van der Waals surface area contributed by atoms with Crippen LogP contribution >= 0.6 is 0 Å². The van der Waals surface area contributed by atoms with E-state index in [0.717, 1.165) is 11.4 Å². The van der Waals surface area contributed by atoms with Gasteiger partial charge in [0.05, 0.1) is 11.9 Å². The lowest BCUT2D eigenvalue weighted by molar-refractivity contribution is 0.841. The molecule has 1 aliphatic heterocycles. The fourth-order valence-electron chi connectivity index (χ4n) is 0.916. The van der Waals surface area contributed by atoms with Gasteiger partial charge in [-0.15, -0.1) is 10.2 Å². The Balaban J connectivity index is 2.32. The van der Waals surface area contributed by atoms with Crippen molar-refractivity contribution in [3.05, 3.63) is 36.2 Å². The zero-order valence-corrected chi connectivity index (χ0v) is 6.75. The highest BCUT2D eigenvalue weighted by molar-refractivity contribution is 5.75. The number of allylic oxidation sites excluding steroid dienone is 3. The second-order valence-electron chi connectivity index (χ2n) is 2.36. The Morgan fingerprint density at radius 3 is 3.08 bits per heavy atom. The minimum absolute atomic E-state index is 0.721. The number of aromatic nitrogens is 3. The minimum atomic E-state index is 0.721. The van der Waals surface area contributed by atoms with Crippen LogP contribution in [-0.4, -0.2) is 21.6 Å². The highest BCUT2D eigenvalue weighted by Gasteiger charge is 2.01. The van der Waals surface area contributed by atoms with Crippen LogP contribution < -0.4 is 5.43 Å². The van der Waals surface area contributed by atoms with Crippen LogP contribution in [0.25, 0.3) is 5.70 Å². The average molecular weight is 173 g/mol. The summed E-state index contributed by atoms with van der Waals surface area (Å²) in [6, 6.07) is 1.76. The predicted molar refractivity (Wildman–Crippen MR) is 48.6 cm³/mol. The summed E-state index contributed by atoms with van der Waals surface area (Å²) in [7, 11) is 0. The Hall–Kier alpha value is -2.04. The van der Waals surface area contributed by atoms with E-state index in [1.807, 2.05) is 18.2 Å². The van der Waals surface area contributed by atoms with Gasteiger partial charge in [-0.1, -0.05) is 6.08 Å². The third-order valence-corrected chi connectivity index (χ3v) is 1.50. The molecule has 1 N–H and O–H groups in total. The van der Waals surface area contributed by atoms with Crippen LogP contribution in [0.3, 0.4) is 0 Å². The maximum atomic E-state index is 3.91. The normalized spacial score (nSPS) is 14.6. The first kappa shape index (κ1) is 7.60. The number of nitrogens with zero attached hydrogens (tertiary/aromatic N) is 4. The molecule has 5 heteroatoms.